The minimum Gasteiger partial charge on any atom is -0.370 e. The Hall–Kier alpha value is -0.0800. The van der Waals surface area contributed by atoms with Crippen LogP contribution in [0.15, 0.2) is 0 Å². The van der Waals surface area contributed by atoms with E-state index in [9.17, 15) is 0 Å². The summed E-state index contributed by atoms with van der Waals surface area (Å²) in [6.45, 7) is 9.44. The second-order valence-corrected chi connectivity index (χ2v) is 5.46. The fourth-order valence-electron chi connectivity index (χ4n) is 2.64. The maximum Gasteiger partial charge on any atom is 0.0858 e. The van der Waals surface area contributed by atoms with E-state index in [1.165, 1.54) is 19.3 Å². The SMILES string of the molecule is CC(C)OC1(CN)CCCCC1(C)C. The van der Waals surface area contributed by atoms with Gasteiger partial charge in [0, 0.05) is 6.54 Å². The Kier molecular flexibility index (Phi) is 3.59. The first-order chi connectivity index (χ1) is 6.43. The fraction of sp³-hybridized carbons (Fsp3) is 1.00. The molecule has 1 aliphatic carbocycles. The first-order valence-corrected chi connectivity index (χ1v) is 5.81. The van der Waals surface area contributed by atoms with Gasteiger partial charge < -0.3 is 10.5 Å². The van der Waals surface area contributed by atoms with Gasteiger partial charge in [0.15, 0.2) is 0 Å². The zero-order valence-corrected chi connectivity index (χ0v) is 10.1. The van der Waals surface area contributed by atoms with Gasteiger partial charge in [-0.15, -0.1) is 0 Å². The normalized spacial score (nSPS) is 32.1. The smallest absolute Gasteiger partial charge is 0.0858 e. The van der Waals surface area contributed by atoms with E-state index in [1.54, 1.807) is 0 Å². The predicted molar refractivity (Wildman–Crippen MR) is 60.3 cm³/mol. The third-order valence-electron chi connectivity index (χ3n) is 3.66. The zero-order chi connectivity index (χ0) is 10.8. The lowest BCUT2D eigenvalue weighted by molar-refractivity contribution is -0.162. The highest BCUT2D eigenvalue weighted by Crippen LogP contribution is 2.46. The summed E-state index contributed by atoms with van der Waals surface area (Å²) in [4.78, 5) is 0. The van der Waals surface area contributed by atoms with E-state index >= 15 is 0 Å². The van der Waals surface area contributed by atoms with Gasteiger partial charge in [-0.3, -0.25) is 0 Å². The molecule has 0 amide bonds. The number of rotatable bonds is 3. The van der Waals surface area contributed by atoms with Crippen molar-refractivity contribution in [3.05, 3.63) is 0 Å². The van der Waals surface area contributed by atoms with Gasteiger partial charge in [-0.05, 0) is 32.1 Å². The van der Waals surface area contributed by atoms with Gasteiger partial charge >= 0.3 is 0 Å². The molecule has 84 valence electrons. The van der Waals surface area contributed by atoms with Crippen molar-refractivity contribution >= 4 is 0 Å². The summed E-state index contributed by atoms with van der Waals surface area (Å²) in [7, 11) is 0. The molecule has 2 nitrogen and oxygen atoms in total. The molecule has 1 aliphatic rings. The van der Waals surface area contributed by atoms with Crippen LogP contribution in [0.3, 0.4) is 0 Å². The highest BCUT2D eigenvalue weighted by Gasteiger charge is 2.47. The van der Waals surface area contributed by atoms with Crippen molar-refractivity contribution < 1.29 is 4.74 Å². The maximum atomic E-state index is 6.12. The Labute approximate surface area is 88.2 Å². The molecular weight excluding hydrogens is 174 g/mol. The highest BCUT2D eigenvalue weighted by molar-refractivity contribution is 4.99. The quantitative estimate of drug-likeness (QED) is 0.758. The van der Waals surface area contributed by atoms with Crippen LogP contribution in [0, 0.1) is 5.41 Å². The van der Waals surface area contributed by atoms with Crippen molar-refractivity contribution in [3.63, 3.8) is 0 Å². The van der Waals surface area contributed by atoms with E-state index < -0.39 is 0 Å². The molecule has 14 heavy (non-hydrogen) atoms. The predicted octanol–water partition coefficient (Wildman–Crippen LogP) is 2.71. The van der Waals surface area contributed by atoms with Gasteiger partial charge in [0.1, 0.15) is 0 Å². The van der Waals surface area contributed by atoms with Gasteiger partial charge in [0.05, 0.1) is 11.7 Å². The summed E-state index contributed by atoms with van der Waals surface area (Å²) in [5.74, 6) is 0. The van der Waals surface area contributed by atoms with Crippen LogP contribution in [0.2, 0.25) is 0 Å². The maximum absolute atomic E-state index is 6.12. The Bertz CT molecular complexity index is 189. The van der Waals surface area contributed by atoms with Crippen molar-refractivity contribution in [2.75, 3.05) is 6.54 Å². The number of ether oxygens (including phenoxy) is 1. The summed E-state index contributed by atoms with van der Waals surface area (Å²) in [5.41, 5.74) is 6.08. The Morgan fingerprint density at radius 2 is 1.79 bits per heavy atom. The molecule has 0 bridgehead atoms. The van der Waals surface area contributed by atoms with Crippen LogP contribution in [0.5, 0.6) is 0 Å². The summed E-state index contributed by atoms with van der Waals surface area (Å²) >= 11 is 0. The topological polar surface area (TPSA) is 35.2 Å². The first-order valence-electron chi connectivity index (χ1n) is 5.81. The monoisotopic (exact) mass is 199 g/mol. The highest BCUT2D eigenvalue weighted by atomic mass is 16.5. The lowest BCUT2D eigenvalue weighted by Crippen LogP contribution is -2.55. The lowest BCUT2D eigenvalue weighted by atomic mass is 9.65. The van der Waals surface area contributed by atoms with Crippen LogP contribution >= 0.6 is 0 Å². The molecule has 0 spiro atoms. The van der Waals surface area contributed by atoms with E-state index in [2.05, 4.69) is 27.7 Å². The van der Waals surface area contributed by atoms with Crippen LogP contribution in [-0.4, -0.2) is 18.2 Å². The van der Waals surface area contributed by atoms with E-state index in [0.717, 1.165) is 6.42 Å². The molecule has 0 aromatic rings. The minimum atomic E-state index is -0.0839. The molecule has 0 aliphatic heterocycles. The summed E-state index contributed by atoms with van der Waals surface area (Å²) < 4.78 is 6.12. The molecular formula is C12H25NO. The molecule has 0 saturated heterocycles. The molecule has 0 aromatic carbocycles. The van der Waals surface area contributed by atoms with Crippen molar-refractivity contribution in [2.24, 2.45) is 11.1 Å². The molecule has 2 N–H and O–H groups in total. The van der Waals surface area contributed by atoms with E-state index in [-0.39, 0.29) is 17.1 Å². The van der Waals surface area contributed by atoms with Gasteiger partial charge in [0.25, 0.3) is 0 Å². The molecule has 0 aromatic heterocycles. The van der Waals surface area contributed by atoms with Crippen molar-refractivity contribution in [1.29, 1.82) is 0 Å². The minimum absolute atomic E-state index is 0.0839. The van der Waals surface area contributed by atoms with E-state index in [4.69, 9.17) is 10.5 Å². The summed E-state index contributed by atoms with van der Waals surface area (Å²) in [5, 5.41) is 0. The molecule has 1 rings (SSSR count). The molecule has 1 atom stereocenters. The number of nitrogens with two attached hydrogens (primary N) is 1. The Morgan fingerprint density at radius 3 is 2.21 bits per heavy atom. The first kappa shape index (κ1) is 12.0. The van der Waals surface area contributed by atoms with Crippen molar-refractivity contribution in [3.8, 4) is 0 Å². The Balaban J connectivity index is 2.82. The third-order valence-corrected chi connectivity index (χ3v) is 3.66. The summed E-state index contributed by atoms with van der Waals surface area (Å²) in [6, 6.07) is 0. The molecule has 0 heterocycles. The van der Waals surface area contributed by atoms with Crippen LogP contribution in [-0.2, 0) is 4.74 Å². The molecule has 1 unspecified atom stereocenters. The number of hydrogen-bond acceptors (Lipinski definition) is 2. The molecule has 2 heteroatoms. The standard InChI is InChI=1S/C12H25NO/c1-10(2)14-12(9-13)8-6-5-7-11(12,3)4/h10H,5-9,13H2,1-4H3. The van der Waals surface area contributed by atoms with Crippen LogP contribution in [0.25, 0.3) is 0 Å². The van der Waals surface area contributed by atoms with Crippen LogP contribution in [0.1, 0.15) is 53.4 Å². The van der Waals surface area contributed by atoms with Crippen LogP contribution in [0.4, 0.5) is 0 Å². The van der Waals surface area contributed by atoms with Crippen molar-refractivity contribution in [2.45, 2.75) is 65.1 Å². The van der Waals surface area contributed by atoms with E-state index in [0.29, 0.717) is 6.54 Å². The molecule has 1 saturated carbocycles. The van der Waals surface area contributed by atoms with Gasteiger partial charge in [-0.25, -0.2) is 0 Å². The Morgan fingerprint density at radius 1 is 1.21 bits per heavy atom. The second kappa shape index (κ2) is 4.19. The van der Waals surface area contributed by atoms with Crippen molar-refractivity contribution in [1.82, 2.24) is 0 Å². The average Bonchev–Trinajstić information content (AvgIpc) is 2.08. The van der Waals surface area contributed by atoms with Gasteiger partial charge in [-0.2, -0.15) is 0 Å². The fourth-order valence-corrected chi connectivity index (χ4v) is 2.64. The third kappa shape index (κ3) is 2.12. The average molecular weight is 199 g/mol. The van der Waals surface area contributed by atoms with Gasteiger partial charge in [0.2, 0.25) is 0 Å². The lowest BCUT2D eigenvalue weighted by Gasteiger charge is -2.50. The summed E-state index contributed by atoms with van der Waals surface area (Å²) in [6.07, 6.45) is 5.20. The number of hydrogen-bond donors (Lipinski definition) is 1. The van der Waals surface area contributed by atoms with E-state index in [1.807, 2.05) is 0 Å². The van der Waals surface area contributed by atoms with Crippen LogP contribution < -0.4 is 5.73 Å². The molecule has 0 radical (unpaired) electrons. The van der Waals surface area contributed by atoms with Gasteiger partial charge in [-0.1, -0.05) is 26.7 Å². The second-order valence-electron chi connectivity index (χ2n) is 5.46. The zero-order valence-electron chi connectivity index (χ0n) is 10.1. The largest absolute Gasteiger partial charge is 0.370 e. The molecule has 1 fully saturated rings.